The van der Waals surface area contributed by atoms with E-state index in [0.717, 1.165) is 49.3 Å². The maximum atomic E-state index is 11.2. The van der Waals surface area contributed by atoms with E-state index in [1.165, 1.54) is 0 Å². The van der Waals surface area contributed by atoms with Crippen LogP contribution >= 0.6 is 11.6 Å². The van der Waals surface area contributed by atoms with E-state index in [4.69, 9.17) is 16.3 Å². The van der Waals surface area contributed by atoms with Crippen LogP contribution in [0.1, 0.15) is 16.1 Å². The van der Waals surface area contributed by atoms with Crippen molar-refractivity contribution in [3.63, 3.8) is 0 Å². The fraction of sp³-hybridized carbons (Fsp3) is 0.400. The van der Waals surface area contributed by atoms with Crippen LogP contribution in [0.2, 0.25) is 5.02 Å². The van der Waals surface area contributed by atoms with Crippen molar-refractivity contribution in [2.45, 2.75) is 6.54 Å². The van der Waals surface area contributed by atoms with Gasteiger partial charge in [0.1, 0.15) is 5.69 Å². The largest absolute Gasteiger partial charge is 0.477 e. The standard InChI is InChI=1S/C15H17ClN2O3/c1-17-13-7-10(9-18-2-4-21-5-3-18)6-12(16)11(13)8-14(17)15(19)20/h6-8H,2-5,9H2,1H3,(H,19,20). The molecule has 0 radical (unpaired) electrons. The van der Waals surface area contributed by atoms with Gasteiger partial charge in [0.2, 0.25) is 0 Å². The highest BCUT2D eigenvalue weighted by molar-refractivity contribution is 6.35. The SMILES string of the molecule is Cn1c(C(=O)O)cc2c(Cl)cc(CN3CCOCC3)cc21. The van der Waals surface area contributed by atoms with Gasteiger partial charge < -0.3 is 14.4 Å². The number of hydrogen-bond acceptors (Lipinski definition) is 3. The summed E-state index contributed by atoms with van der Waals surface area (Å²) in [6.45, 7) is 4.12. The molecule has 5 nitrogen and oxygen atoms in total. The second-order valence-electron chi connectivity index (χ2n) is 5.29. The Morgan fingerprint density at radius 3 is 2.71 bits per heavy atom. The number of aryl methyl sites for hydroxylation is 1. The maximum absolute atomic E-state index is 11.2. The molecule has 1 fully saturated rings. The molecule has 0 atom stereocenters. The Bertz CT molecular complexity index is 690. The third-order valence-electron chi connectivity index (χ3n) is 3.90. The lowest BCUT2D eigenvalue weighted by molar-refractivity contribution is 0.0342. The van der Waals surface area contributed by atoms with Gasteiger partial charge in [0.05, 0.1) is 23.8 Å². The zero-order chi connectivity index (χ0) is 15.0. The normalized spacial score (nSPS) is 16.5. The lowest BCUT2D eigenvalue weighted by Gasteiger charge is -2.26. The van der Waals surface area contributed by atoms with Crippen molar-refractivity contribution < 1.29 is 14.6 Å². The molecule has 0 spiro atoms. The van der Waals surface area contributed by atoms with Crippen LogP contribution in [-0.4, -0.2) is 46.8 Å². The van der Waals surface area contributed by atoms with E-state index in [0.29, 0.717) is 5.02 Å². The molecule has 1 N–H and O–H groups in total. The van der Waals surface area contributed by atoms with E-state index in [1.807, 2.05) is 12.1 Å². The van der Waals surface area contributed by atoms with Crippen molar-refractivity contribution in [3.05, 3.63) is 34.5 Å². The molecule has 3 rings (SSSR count). The molecule has 0 amide bonds. The van der Waals surface area contributed by atoms with Gasteiger partial charge in [0.25, 0.3) is 0 Å². The summed E-state index contributed by atoms with van der Waals surface area (Å²) < 4.78 is 7.02. The molecule has 2 aromatic rings. The number of aromatic carboxylic acids is 1. The number of carbonyl (C=O) groups is 1. The smallest absolute Gasteiger partial charge is 0.352 e. The quantitative estimate of drug-likeness (QED) is 0.946. The molecule has 6 heteroatoms. The van der Waals surface area contributed by atoms with Gasteiger partial charge in [-0.2, -0.15) is 0 Å². The molecule has 1 saturated heterocycles. The van der Waals surface area contributed by atoms with Gasteiger partial charge in [-0.05, 0) is 23.8 Å². The third kappa shape index (κ3) is 2.77. The lowest BCUT2D eigenvalue weighted by atomic mass is 10.1. The van der Waals surface area contributed by atoms with Crippen LogP contribution in [0.4, 0.5) is 0 Å². The molecule has 2 heterocycles. The molecule has 112 valence electrons. The monoisotopic (exact) mass is 308 g/mol. The van der Waals surface area contributed by atoms with Crippen LogP contribution in [0.5, 0.6) is 0 Å². The van der Waals surface area contributed by atoms with E-state index in [-0.39, 0.29) is 5.69 Å². The van der Waals surface area contributed by atoms with Crippen LogP contribution in [0, 0.1) is 0 Å². The van der Waals surface area contributed by atoms with Crippen molar-refractivity contribution in [1.29, 1.82) is 0 Å². The zero-order valence-corrected chi connectivity index (χ0v) is 12.6. The minimum Gasteiger partial charge on any atom is -0.477 e. The van der Waals surface area contributed by atoms with E-state index >= 15 is 0 Å². The van der Waals surface area contributed by atoms with Gasteiger partial charge in [-0.15, -0.1) is 0 Å². The summed E-state index contributed by atoms with van der Waals surface area (Å²) in [5, 5.41) is 10.6. The molecule has 21 heavy (non-hydrogen) atoms. The first-order valence-electron chi connectivity index (χ1n) is 6.87. The maximum Gasteiger partial charge on any atom is 0.352 e. The molecular weight excluding hydrogens is 292 g/mol. The number of hydrogen-bond donors (Lipinski definition) is 1. The van der Waals surface area contributed by atoms with E-state index in [9.17, 15) is 9.90 Å². The molecule has 0 bridgehead atoms. The number of nitrogens with zero attached hydrogens (tertiary/aromatic N) is 2. The number of ether oxygens (including phenoxy) is 1. The van der Waals surface area contributed by atoms with Crippen molar-refractivity contribution in [2.75, 3.05) is 26.3 Å². The van der Waals surface area contributed by atoms with Gasteiger partial charge in [-0.25, -0.2) is 4.79 Å². The first-order chi connectivity index (χ1) is 10.1. The number of carboxylic acid groups (broad SMARTS) is 1. The van der Waals surface area contributed by atoms with Gasteiger partial charge in [-0.1, -0.05) is 11.6 Å². The number of carboxylic acids is 1. The fourth-order valence-corrected chi connectivity index (χ4v) is 3.05. The Hall–Kier alpha value is -1.56. The third-order valence-corrected chi connectivity index (χ3v) is 4.21. The summed E-state index contributed by atoms with van der Waals surface area (Å²) in [4.78, 5) is 13.5. The van der Waals surface area contributed by atoms with Crippen molar-refractivity contribution >= 4 is 28.5 Å². The topological polar surface area (TPSA) is 54.7 Å². The van der Waals surface area contributed by atoms with Crippen LogP contribution in [0.15, 0.2) is 18.2 Å². The molecule has 1 aliphatic rings. The summed E-state index contributed by atoms with van der Waals surface area (Å²) in [5.74, 6) is -0.945. The van der Waals surface area contributed by atoms with Crippen molar-refractivity contribution in [2.24, 2.45) is 7.05 Å². The van der Waals surface area contributed by atoms with Crippen LogP contribution in [0.3, 0.4) is 0 Å². The highest BCUT2D eigenvalue weighted by atomic mass is 35.5. The Morgan fingerprint density at radius 2 is 2.05 bits per heavy atom. The van der Waals surface area contributed by atoms with Crippen LogP contribution in [-0.2, 0) is 18.3 Å². The van der Waals surface area contributed by atoms with E-state index in [1.54, 1.807) is 17.7 Å². The summed E-state index contributed by atoms with van der Waals surface area (Å²) >= 11 is 6.32. The molecule has 0 unspecified atom stereocenters. The summed E-state index contributed by atoms with van der Waals surface area (Å²) in [6.07, 6.45) is 0. The Kier molecular flexibility index (Phi) is 3.89. The van der Waals surface area contributed by atoms with Crippen molar-refractivity contribution in [1.82, 2.24) is 9.47 Å². The number of halogens is 1. The highest BCUT2D eigenvalue weighted by Gasteiger charge is 2.16. The fourth-order valence-electron chi connectivity index (χ4n) is 2.76. The average molecular weight is 309 g/mol. The molecule has 1 aliphatic heterocycles. The molecule has 1 aromatic heterocycles. The molecule has 0 aliphatic carbocycles. The van der Waals surface area contributed by atoms with Gasteiger partial charge in [0.15, 0.2) is 0 Å². The van der Waals surface area contributed by atoms with Crippen molar-refractivity contribution in [3.8, 4) is 0 Å². The second kappa shape index (κ2) is 5.67. The lowest BCUT2D eigenvalue weighted by Crippen LogP contribution is -2.35. The molecular formula is C15H17ClN2O3. The van der Waals surface area contributed by atoms with E-state index in [2.05, 4.69) is 4.90 Å². The average Bonchev–Trinajstić information content (AvgIpc) is 2.78. The summed E-state index contributed by atoms with van der Waals surface area (Å²) in [5.41, 5.74) is 2.19. The Morgan fingerprint density at radius 1 is 1.33 bits per heavy atom. The Labute approximate surface area is 127 Å². The Balaban J connectivity index is 1.97. The van der Waals surface area contributed by atoms with Gasteiger partial charge in [-0.3, -0.25) is 4.90 Å². The van der Waals surface area contributed by atoms with Crippen LogP contribution < -0.4 is 0 Å². The van der Waals surface area contributed by atoms with Gasteiger partial charge >= 0.3 is 5.97 Å². The predicted molar refractivity (Wildman–Crippen MR) is 81.0 cm³/mol. The number of morpholine rings is 1. The summed E-state index contributed by atoms with van der Waals surface area (Å²) in [6, 6.07) is 5.56. The highest BCUT2D eigenvalue weighted by Crippen LogP contribution is 2.29. The molecule has 0 saturated carbocycles. The van der Waals surface area contributed by atoms with Gasteiger partial charge in [0, 0.05) is 32.1 Å². The minimum atomic E-state index is -0.945. The number of benzene rings is 1. The zero-order valence-electron chi connectivity index (χ0n) is 11.8. The minimum absolute atomic E-state index is 0.246. The first-order valence-corrected chi connectivity index (χ1v) is 7.25. The first kappa shape index (κ1) is 14.4. The second-order valence-corrected chi connectivity index (χ2v) is 5.70. The van der Waals surface area contributed by atoms with E-state index < -0.39 is 5.97 Å². The predicted octanol–water partition coefficient (Wildman–Crippen LogP) is 2.36. The van der Waals surface area contributed by atoms with Crippen LogP contribution in [0.25, 0.3) is 10.9 Å². The summed E-state index contributed by atoms with van der Waals surface area (Å²) in [7, 11) is 1.75. The number of fused-ring (bicyclic) bond motifs is 1. The molecule has 1 aromatic carbocycles. The number of rotatable bonds is 3. The number of aromatic nitrogens is 1.